The summed E-state index contributed by atoms with van der Waals surface area (Å²) in [4.78, 5) is 22.8. The van der Waals surface area contributed by atoms with E-state index in [2.05, 4.69) is 5.32 Å². The van der Waals surface area contributed by atoms with Gasteiger partial charge in [-0.3, -0.25) is 9.59 Å². The van der Waals surface area contributed by atoms with Gasteiger partial charge >= 0.3 is 0 Å². The number of hydrogen-bond acceptors (Lipinski definition) is 4. The monoisotopic (exact) mass is 265 g/mol. The molecule has 104 valence electrons. The van der Waals surface area contributed by atoms with Crippen molar-refractivity contribution in [2.45, 2.75) is 19.4 Å². The van der Waals surface area contributed by atoms with E-state index in [-0.39, 0.29) is 25.0 Å². The van der Waals surface area contributed by atoms with Crippen molar-refractivity contribution in [3.63, 3.8) is 0 Å². The lowest BCUT2D eigenvalue weighted by Gasteiger charge is -2.13. The molecule has 0 saturated carbocycles. The third-order valence-corrected chi connectivity index (χ3v) is 2.78. The zero-order chi connectivity index (χ0) is 14.4. The van der Waals surface area contributed by atoms with Crippen LogP contribution in [0.15, 0.2) is 18.2 Å². The van der Waals surface area contributed by atoms with Crippen molar-refractivity contribution in [3.05, 3.63) is 29.3 Å². The number of carbonyl (C=O) groups excluding carboxylic acids is 2. The van der Waals surface area contributed by atoms with E-state index >= 15 is 0 Å². The molecule has 5 N–H and O–H groups in total. The molecule has 0 saturated heterocycles. The fraction of sp³-hybridized carbons (Fsp3) is 0.385. The Balaban J connectivity index is 2.70. The van der Waals surface area contributed by atoms with E-state index in [1.165, 1.54) is 7.11 Å². The maximum atomic E-state index is 11.7. The minimum absolute atomic E-state index is 0.184. The van der Waals surface area contributed by atoms with Crippen molar-refractivity contribution in [2.24, 2.45) is 11.5 Å². The number of anilines is 1. The molecule has 0 spiro atoms. The van der Waals surface area contributed by atoms with Gasteiger partial charge in [0.25, 0.3) is 0 Å². The van der Waals surface area contributed by atoms with Gasteiger partial charge in [0.05, 0.1) is 12.5 Å². The highest BCUT2D eigenvalue weighted by Gasteiger charge is 2.12. The Kier molecular flexibility index (Phi) is 5.47. The predicted molar refractivity (Wildman–Crippen MR) is 72.8 cm³/mol. The maximum absolute atomic E-state index is 11.7. The van der Waals surface area contributed by atoms with Crippen molar-refractivity contribution in [3.8, 4) is 0 Å². The number of methoxy groups -OCH3 is 1. The van der Waals surface area contributed by atoms with Crippen LogP contribution in [0.25, 0.3) is 0 Å². The number of rotatable bonds is 6. The molecule has 1 unspecified atom stereocenters. The summed E-state index contributed by atoms with van der Waals surface area (Å²) in [7, 11) is 1.51. The van der Waals surface area contributed by atoms with Gasteiger partial charge in [-0.15, -0.1) is 0 Å². The van der Waals surface area contributed by atoms with E-state index in [1.807, 2.05) is 0 Å². The van der Waals surface area contributed by atoms with E-state index < -0.39 is 5.91 Å². The van der Waals surface area contributed by atoms with Crippen LogP contribution in [0.2, 0.25) is 0 Å². The summed E-state index contributed by atoms with van der Waals surface area (Å²) in [5.41, 5.74) is 12.4. The minimum Gasteiger partial charge on any atom is -0.380 e. The third-order valence-electron chi connectivity index (χ3n) is 2.78. The first-order valence-corrected chi connectivity index (χ1v) is 5.91. The third kappa shape index (κ3) is 4.35. The summed E-state index contributed by atoms with van der Waals surface area (Å²) < 4.78 is 5.04. The van der Waals surface area contributed by atoms with Crippen LogP contribution in [0.1, 0.15) is 22.3 Å². The van der Waals surface area contributed by atoms with E-state index in [0.29, 0.717) is 16.8 Å². The number of primary amides is 1. The van der Waals surface area contributed by atoms with E-state index in [9.17, 15) is 9.59 Å². The van der Waals surface area contributed by atoms with E-state index in [0.717, 1.165) is 0 Å². The second-order valence-electron chi connectivity index (χ2n) is 4.24. The molecule has 0 heterocycles. The number of benzene rings is 1. The Bertz CT molecular complexity index is 470. The fourth-order valence-corrected chi connectivity index (χ4v) is 1.70. The van der Waals surface area contributed by atoms with Crippen LogP contribution in [0.5, 0.6) is 0 Å². The number of carbonyl (C=O) groups is 2. The molecule has 6 nitrogen and oxygen atoms in total. The van der Waals surface area contributed by atoms with Gasteiger partial charge in [0.1, 0.15) is 0 Å². The molecule has 0 bridgehead atoms. The van der Waals surface area contributed by atoms with Crippen molar-refractivity contribution in [1.29, 1.82) is 0 Å². The summed E-state index contributed by atoms with van der Waals surface area (Å²) in [6.45, 7) is 2.04. The SMILES string of the molecule is COC(CN)CC(=O)Nc1ccc(C(N)=O)c(C)c1. The second-order valence-corrected chi connectivity index (χ2v) is 4.24. The molecule has 1 rings (SSSR count). The molecule has 0 radical (unpaired) electrons. The first-order chi connectivity index (χ1) is 8.97. The number of ether oxygens (including phenoxy) is 1. The molecule has 19 heavy (non-hydrogen) atoms. The Morgan fingerprint density at radius 1 is 1.42 bits per heavy atom. The average Bonchev–Trinajstić information content (AvgIpc) is 2.35. The van der Waals surface area contributed by atoms with Crippen LogP contribution in [0, 0.1) is 6.92 Å². The lowest BCUT2D eigenvalue weighted by molar-refractivity contribution is -0.118. The van der Waals surface area contributed by atoms with Crippen molar-refractivity contribution < 1.29 is 14.3 Å². The van der Waals surface area contributed by atoms with Gasteiger partial charge in [0.2, 0.25) is 11.8 Å². The number of aryl methyl sites for hydroxylation is 1. The molecule has 1 aromatic carbocycles. The van der Waals surface area contributed by atoms with Gasteiger partial charge in [-0.05, 0) is 30.7 Å². The summed E-state index contributed by atoms with van der Waals surface area (Å²) in [6, 6.07) is 4.92. The lowest BCUT2D eigenvalue weighted by Crippen LogP contribution is -2.28. The number of hydrogen-bond donors (Lipinski definition) is 3. The second kappa shape index (κ2) is 6.86. The molecule has 0 fully saturated rings. The van der Waals surface area contributed by atoms with Gasteiger partial charge in [-0.25, -0.2) is 0 Å². The Morgan fingerprint density at radius 2 is 2.11 bits per heavy atom. The normalized spacial score (nSPS) is 11.9. The van der Waals surface area contributed by atoms with E-state index in [1.54, 1.807) is 25.1 Å². The van der Waals surface area contributed by atoms with Gasteiger partial charge in [-0.1, -0.05) is 0 Å². The maximum Gasteiger partial charge on any atom is 0.248 e. The van der Waals surface area contributed by atoms with Crippen LogP contribution in [-0.2, 0) is 9.53 Å². The summed E-state index contributed by atoms with van der Waals surface area (Å²) >= 11 is 0. The number of nitrogens with one attached hydrogen (secondary N) is 1. The lowest BCUT2D eigenvalue weighted by atomic mass is 10.1. The van der Waals surface area contributed by atoms with Crippen LogP contribution in [0.4, 0.5) is 5.69 Å². The summed E-state index contributed by atoms with van der Waals surface area (Å²) in [6.07, 6.45) is -0.116. The van der Waals surface area contributed by atoms with Gasteiger partial charge in [0, 0.05) is 24.9 Å². The standard InChI is InChI=1S/C13H19N3O3/c1-8-5-9(3-4-11(8)13(15)18)16-12(17)6-10(7-14)19-2/h3-5,10H,6-7,14H2,1-2H3,(H2,15,18)(H,16,17). The highest BCUT2D eigenvalue weighted by atomic mass is 16.5. The van der Waals surface area contributed by atoms with Crippen LogP contribution >= 0.6 is 0 Å². The molecular weight excluding hydrogens is 246 g/mol. The van der Waals surface area contributed by atoms with Gasteiger partial charge in [0.15, 0.2) is 0 Å². The highest BCUT2D eigenvalue weighted by Crippen LogP contribution is 2.15. The smallest absolute Gasteiger partial charge is 0.248 e. The zero-order valence-electron chi connectivity index (χ0n) is 11.1. The highest BCUT2D eigenvalue weighted by molar-refractivity contribution is 5.96. The zero-order valence-corrected chi connectivity index (χ0v) is 11.1. The fourth-order valence-electron chi connectivity index (χ4n) is 1.70. The van der Waals surface area contributed by atoms with Crippen molar-refractivity contribution in [1.82, 2.24) is 0 Å². The quantitative estimate of drug-likeness (QED) is 0.691. The molecule has 0 aromatic heterocycles. The molecule has 6 heteroatoms. The molecule has 2 amide bonds. The van der Waals surface area contributed by atoms with Crippen molar-refractivity contribution in [2.75, 3.05) is 19.0 Å². The molecule has 0 aliphatic carbocycles. The minimum atomic E-state index is -0.488. The average molecular weight is 265 g/mol. The topological polar surface area (TPSA) is 107 Å². The Morgan fingerprint density at radius 3 is 2.58 bits per heavy atom. The molecule has 0 aliphatic heterocycles. The Hall–Kier alpha value is -1.92. The first-order valence-electron chi connectivity index (χ1n) is 5.91. The van der Waals surface area contributed by atoms with Crippen LogP contribution in [-0.4, -0.2) is 31.6 Å². The first kappa shape index (κ1) is 15.1. The molecule has 1 aromatic rings. The number of amides is 2. The van der Waals surface area contributed by atoms with Gasteiger partial charge in [-0.2, -0.15) is 0 Å². The number of nitrogens with two attached hydrogens (primary N) is 2. The van der Waals surface area contributed by atoms with Crippen molar-refractivity contribution >= 4 is 17.5 Å². The molecular formula is C13H19N3O3. The van der Waals surface area contributed by atoms with Gasteiger partial charge < -0.3 is 21.5 Å². The van der Waals surface area contributed by atoms with E-state index in [4.69, 9.17) is 16.2 Å². The van der Waals surface area contributed by atoms with Crippen LogP contribution in [0.3, 0.4) is 0 Å². The summed E-state index contributed by atoms with van der Waals surface area (Å²) in [5, 5.41) is 2.72. The van der Waals surface area contributed by atoms with Crippen LogP contribution < -0.4 is 16.8 Å². The predicted octanol–water partition coefficient (Wildman–Crippen LogP) is 0.396. The largest absolute Gasteiger partial charge is 0.380 e. The molecule has 1 atom stereocenters. The summed E-state index contributed by atoms with van der Waals surface area (Å²) in [5.74, 6) is -0.679. The Labute approximate surface area is 112 Å². The molecule has 0 aliphatic rings.